The fraction of sp³-hybridized carbons (Fsp3) is 0.368. The number of rotatable bonds is 8. The van der Waals surface area contributed by atoms with Crippen molar-refractivity contribution in [2.45, 2.75) is 36.3 Å². The minimum Gasteiger partial charge on any atom is -0.320 e. The summed E-state index contributed by atoms with van der Waals surface area (Å²) in [5.74, 6) is 0. The average Bonchev–Trinajstić information content (AvgIpc) is 2.54. The summed E-state index contributed by atoms with van der Waals surface area (Å²) in [6, 6.07) is 19.7. The van der Waals surface area contributed by atoms with E-state index in [0.29, 0.717) is 5.25 Å². The van der Waals surface area contributed by atoms with Gasteiger partial charge in [-0.25, -0.2) is 0 Å². The highest BCUT2D eigenvalue weighted by Crippen LogP contribution is 2.39. The fourth-order valence-corrected chi connectivity index (χ4v) is 3.80. The van der Waals surface area contributed by atoms with Crippen LogP contribution in [0.15, 0.2) is 59.5 Å². The van der Waals surface area contributed by atoms with Crippen molar-refractivity contribution < 1.29 is 0 Å². The van der Waals surface area contributed by atoms with Crippen LogP contribution < -0.4 is 5.32 Å². The van der Waals surface area contributed by atoms with Crippen LogP contribution in [0, 0.1) is 0 Å². The normalized spacial score (nSPS) is 11.7. The highest BCUT2D eigenvalue weighted by molar-refractivity contribution is 7.99. The molecule has 0 amide bonds. The molecule has 0 radical (unpaired) electrons. The van der Waals surface area contributed by atoms with E-state index in [9.17, 15) is 0 Å². The van der Waals surface area contributed by atoms with Gasteiger partial charge in [0.1, 0.15) is 0 Å². The van der Waals surface area contributed by atoms with E-state index in [1.54, 1.807) is 0 Å². The van der Waals surface area contributed by atoms with E-state index >= 15 is 0 Å². The van der Waals surface area contributed by atoms with E-state index in [-0.39, 0.29) is 12.4 Å². The molecule has 2 aromatic carbocycles. The predicted molar refractivity (Wildman–Crippen MR) is 101 cm³/mol. The Hall–Kier alpha value is -0.960. The number of hydrogen-bond donors (Lipinski definition) is 1. The summed E-state index contributed by atoms with van der Waals surface area (Å²) in [5.41, 5.74) is 2.90. The van der Waals surface area contributed by atoms with Gasteiger partial charge in [-0.15, -0.1) is 24.2 Å². The van der Waals surface area contributed by atoms with E-state index in [0.717, 1.165) is 19.4 Å². The van der Waals surface area contributed by atoms with Gasteiger partial charge in [-0.05, 0) is 43.6 Å². The summed E-state index contributed by atoms with van der Waals surface area (Å²) in [7, 11) is 2.03. The van der Waals surface area contributed by atoms with Crippen LogP contribution in [-0.2, 0) is 6.42 Å². The largest absolute Gasteiger partial charge is 0.320 e. The molecule has 1 N–H and O–H groups in total. The summed E-state index contributed by atoms with van der Waals surface area (Å²) in [4.78, 5) is 1.43. The molecule has 0 fully saturated rings. The maximum atomic E-state index is 3.28. The molecule has 0 aromatic heterocycles. The van der Waals surface area contributed by atoms with Crippen LogP contribution in [0.3, 0.4) is 0 Å². The Morgan fingerprint density at radius 3 is 2.36 bits per heavy atom. The molecule has 1 atom stereocenters. The second-order valence-electron chi connectivity index (χ2n) is 5.27. The van der Waals surface area contributed by atoms with E-state index in [4.69, 9.17) is 0 Å². The van der Waals surface area contributed by atoms with Crippen molar-refractivity contribution >= 4 is 24.2 Å². The van der Waals surface area contributed by atoms with Gasteiger partial charge in [0.05, 0.1) is 0 Å². The molecule has 0 saturated carbocycles. The maximum Gasteiger partial charge on any atom is 0.0356 e. The summed E-state index contributed by atoms with van der Waals surface area (Å²) in [5, 5.41) is 3.79. The third kappa shape index (κ3) is 5.68. The van der Waals surface area contributed by atoms with Crippen molar-refractivity contribution in [3.63, 3.8) is 0 Å². The lowest BCUT2D eigenvalue weighted by molar-refractivity contribution is 0.714. The van der Waals surface area contributed by atoms with Gasteiger partial charge < -0.3 is 5.32 Å². The summed E-state index contributed by atoms with van der Waals surface area (Å²) in [6.07, 6.45) is 3.51. The van der Waals surface area contributed by atoms with Gasteiger partial charge in [0, 0.05) is 10.1 Å². The lowest BCUT2D eigenvalue weighted by Crippen LogP contribution is -2.11. The molecule has 0 heterocycles. The maximum absolute atomic E-state index is 3.28. The molecule has 0 saturated heterocycles. The van der Waals surface area contributed by atoms with Gasteiger partial charge in [0.2, 0.25) is 0 Å². The molecule has 120 valence electrons. The van der Waals surface area contributed by atoms with Crippen molar-refractivity contribution in [2.24, 2.45) is 0 Å². The fourth-order valence-electron chi connectivity index (χ4n) is 2.48. The molecule has 3 heteroatoms. The molecular weight excluding hydrogens is 310 g/mol. The van der Waals surface area contributed by atoms with Crippen molar-refractivity contribution in [3.05, 3.63) is 65.7 Å². The van der Waals surface area contributed by atoms with E-state index in [1.807, 2.05) is 18.8 Å². The Morgan fingerprint density at radius 1 is 1.00 bits per heavy atom. The number of nitrogens with one attached hydrogen (secondary N) is 1. The Labute approximate surface area is 145 Å². The Bertz CT molecular complexity index is 530. The standard InChI is InChI=1S/C19H25NS.ClH/c1-3-9-16-12-7-8-13-18(16)21-19(14-15-20-2)17-10-5-4-6-11-17;/h4-8,10-13,19-20H,3,9,14-15H2,1-2H3;1H. The molecule has 0 aliphatic rings. The summed E-state index contributed by atoms with van der Waals surface area (Å²) < 4.78 is 0. The van der Waals surface area contributed by atoms with Crippen LogP contribution in [-0.4, -0.2) is 13.6 Å². The highest BCUT2D eigenvalue weighted by atomic mass is 35.5. The van der Waals surface area contributed by atoms with E-state index in [2.05, 4.69) is 66.8 Å². The first-order valence-electron chi connectivity index (χ1n) is 7.79. The molecule has 0 spiro atoms. The number of thioether (sulfide) groups is 1. The summed E-state index contributed by atoms with van der Waals surface area (Å²) >= 11 is 2.01. The van der Waals surface area contributed by atoms with Crippen LogP contribution in [0.4, 0.5) is 0 Å². The van der Waals surface area contributed by atoms with Gasteiger partial charge in [-0.1, -0.05) is 61.9 Å². The lowest BCUT2D eigenvalue weighted by atomic mass is 10.1. The van der Waals surface area contributed by atoms with Crippen molar-refractivity contribution in [1.29, 1.82) is 0 Å². The molecule has 0 aliphatic carbocycles. The van der Waals surface area contributed by atoms with E-state index < -0.39 is 0 Å². The Balaban J connectivity index is 0.00000242. The molecular formula is C19H26ClNS. The smallest absolute Gasteiger partial charge is 0.0356 e. The van der Waals surface area contributed by atoms with Gasteiger partial charge >= 0.3 is 0 Å². The van der Waals surface area contributed by atoms with Crippen LogP contribution in [0.5, 0.6) is 0 Å². The predicted octanol–water partition coefficient (Wildman–Crippen LogP) is 5.50. The lowest BCUT2D eigenvalue weighted by Gasteiger charge is -2.19. The zero-order chi connectivity index (χ0) is 14.9. The zero-order valence-electron chi connectivity index (χ0n) is 13.4. The first-order chi connectivity index (χ1) is 10.3. The third-order valence-electron chi connectivity index (χ3n) is 3.59. The number of hydrogen-bond acceptors (Lipinski definition) is 2. The molecule has 2 rings (SSSR count). The van der Waals surface area contributed by atoms with Crippen LogP contribution in [0.2, 0.25) is 0 Å². The Morgan fingerprint density at radius 2 is 1.68 bits per heavy atom. The van der Waals surface area contributed by atoms with Gasteiger partial charge in [0.25, 0.3) is 0 Å². The Kier molecular flexibility index (Phi) is 9.30. The molecule has 1 unspecified atom stereocenters. The minimum absolute atomic E-state index is 0. The molecule has 1 nitrogen and oxygen atoms in total. The third-order valence-corrected chi connectivity index (χ3v) is 5.03. The van der Waals surface area contributed by atoms with Crippen molar-refractivity contribution in [1.82, 2.24) is 5.32 Å². The summed E-state index contributed by atoms with van der Waals surface area (Å²) in [6.45, 7) is 3.29. The highest BCUT2D eigenvalue weighted by Gasteiger charge is 2.14. The minimum atomic E-state index is 0. The van der Waals surface area contributed by atoms with Gasteiger partial charge in [0.15, 0.2) is 0 Å². The second kappa shape index (κ2) is 10.7. The number of aryl methyl sites for hydroxylation is 1. The second-order valence-corrected chi connectivity index (χ2v) is 6.51. The molecule has 22 heavy (non-hydrogen) atoms. The number of benzene rings is 2. The average molecular weight is 336 g/mol. The molecule has 0 aliphatic heterocycles. The zero-order valence-corrected chi connectivity index (χ0v) is 15.1. The molecule has 0 bridgehead atoms. The van der Waals surface area contributed by atoms with Crippen LogP contribution in [0.1, 0.15) is 36.1 Å². The molecule has 2 aromatic rings. The van der Waals surface area contributed by atoms with Gasteiger partial charge in [-0.2, -0.15) is 0 Å². The van der Waals surface area contributed by atoms with Crippen LogP contribution >= 0.6 is 24.2 Å². The number of halogens is 1. The van der Waals surface area contributed by atoms with Crippen LogP contribution in [0.25, 0.3) is 0 Å². The SMILES string of the molecule is CCCc1ccccc1SC(CCNC)c1ccccc1.Cl. The quantitative estimate of drug-likeness (QED) is 0.639. The van der Waals surface area contributed by atoms with Crippen molar-refractivity contribution in [3.8, 4) is 0 Å². The first-order valence-corrected chi connectivity index (χ1v) is 8.67. The van der Waals surface area contributed by atoms with Gasteiger partial charge in [-0.3, -0.25) is 0 Å². The van der Waals surface area contributed by atoms with E-state index in [1.165, 1.54) is 22.4 Å². The topological polar surface area (TPSA) is 12.0 Å². The van der Waals surface area contributed by atoms with Crippen molar-refractivity contribution in [2.75, 3.05) is 13.6 Å². The monoisotopic (exact) mass is 335 g/mol. The first kappa shape index (κ1) is 19.1.